The van der Waals surface area contributed by atoms with E-state index in [4.69, 9.17) is 0 Å². The Morgan fingerprint density at radius 3 is 2.38 bits per heavy atom. The lowest BCUT2D eigenvalue weighted by Gasteiger charge is -2.21. The van der Waals surface area contributed by atoms with Crippen LogP contribution in [0.3, 0.4) is 0 Å². The van der Waals surface area contributed by atoms with Gasteiger partial charge in [0.15, 0.2) is 0 Å². The molecular formula is C14H14F3N3O. The molecule has 1 heterocycles. The van der Waals surface area contributed by atoms with Gasteiger partial charge in [-0.1, -0.05) is 18.2 Å². The van der Waals surface area contributed by atoms with Gasteiger partial charge in [-0.3, -0.25) is 4.79 Å². The topological polar surface area (TPSA) is 45.2 Å². The molecule has 1 aromatic heterocycles. The molecule has 0 aliphatic carbocycles. The van der Waals surface area contributed by atoms with Crippen molar-refractivity contribution in [1.29, 1.82) is 0 Å². The predicted molar refractivity (Wildman–Crippen MR) is 76.0 cm³/mol. The normalized spacial score (nSPS) is 11.5. The zero-order chi connectivity index (χ0) is 15.8. The molecule has 0 fully saturated rings. The van der Waals surface area contributed by atoms with Gasteiger partial charge in [0.25, 0.3) is 5.78 Å². The molecule has 2 rings (SSSR count). The number of fused-ring (bicyclic) bond motifs is 1. The second kappa shape index (κ2) is 5.23. The molecular weight excluding hydrogens is 283 g/mol. The number of pyridine rings is 1. The second-order valence-electron chi connectivity index (χ2n) is 4.67. The van der Waals surface area contributed by atoms with Gasteiger partial charge < -0.3 is 10.2 Å². The highest BCUT2D eigenvalue weighted by molar-refractivity contribution is 6.14. The van der Waals surface area contributed by atoms with Crippen molar-refractivity contribution in [3.8, 4) is 0 Å². The molecule has 112 valence electrons. The molecule has 0 radical (unpaired) electrons. The lowest BCUT2D eigenvalue weighted by Crippen LogP contribution is -2.27. The number of carbonyl (C=O) groups excluding carboxylic acids is 1. The van der Waals surface area contributed by atoms with E-state index in [2.05, 4.69) is 10.3 Å². The van der Waals surface area contributed by atoms with E-state index >= 15 is 0 Å². The van der Waals surface area contributed by atoms with E-state index in [1.165, 1.54) is 11.9 Å². The van der Waals surface area contributed by atoms with Crippen LogP contribution in [0.5, 0.6) is 0 Å². The van der Waals surface area contributed by atoms with Crippen molar-refractivity contribution in [2.75, 3.05) is 31.4 Å². The number of benzene rings is 1. The van der Waals surface area contributed by atoms with Crippen LogP contribution in [0.25, 0.3) is 10.9 Å². The molecule has 4 nitrogen and oxygen atoms in total. The highest BCUT2D eigenvalue weighted by Gasteiger charge is 2.43. The number of hydrogen-bond donors (Lipinski definition) is 1. The maximum Gasteiger partial charge on any atom is 0.455 e. The third kappa shape index (κ3) is 2.63. The monoisotopic (exact) mass is 297 g/mol. The highest BCUT2D eigenvalue weighted by atomic mass is 19.4. The number of nitrogens with zero attached hydrogens (tertiary/aromatic N) is 2. The van der Waals surface area contributed by atoms with E-state index < -0.39 is 17.5 Å². The van der Waals surface area contributed by atoms with Gasteiger partial charge in [0, 0.05) is 26.5 Å². The minimum absolute atomic E-state index is 0.0135. The minimum atomic E-state index is -4.96. The summed E-state index contributed by atoms with van der Waals surface area (Å²) in [6.07, 6.45) is -4.96. The first-order valence-corrected chi connectivity index (χ1v) is 6.16. The number of Topliss-reactive ketones (excluding diaryl/α,β-unsaturated/α-hetero) is 1. The summed E-state index contributed by atoms with van der Waals surface area (Å²) >= 11 is 0. The van der Waals surface area contributed by atoms with Gasteiger partial charge in [0.2, 0.25) is 0 Å². The summed E-state index contributed by atoms with van der Waals surface area (Å²) in [5.41, 5.74) is 0.185. The SMILES string of the molecule is CNc1c(C(=O)C(F)(F)F)c(N(C)C)nc2ccccc12. The maximum absolute atomic E-state index is 12.9. The van der Waals surface area contributed by atoms with Crippen LogP contribution in [-0.2, 0) is 0 Å². The predicted octanol–water partition coefficient (Wildman–Crippen LogP) is 3.09. The van der Waals surface area contributed by atoms with E-state index in [-0.39, 0.29) is 11.5 Å². The lowest BCUT2D eigenvalue weighted by molar-refractivity contribution is -0.0884. The van der Waals surface area contributed by atoms with Gasteiger partial charge in [-0.05, 0) is 6.07 Å². The molecule has 0 atom stereocenters. The molecule has 1 aromatic carbocycles. The largest absolute Gasteiger partial charge is 0.455 e. The number of para-hydroxylation sites is 1. The van der Waals surface area contributed by atoms with Crippen LogP contribution in [0.4, 0.5) is 24.7 Å². The molecule has 21 heavy (non-hydrogen) atoms. The lowest BCUT2D eigenvalue weighted by atomic mass is 10.0. The number of hydrogen-bond acceptors (Lipinski definition) is 4. The van der Waals surface area contributed by atoms with Crippen molar-refractivity contribution in [2.45, 2.75) is 6.18 Å². The number of aromatic nitrogens is 1. The molecule has 0 unspecified atom stereocenters. The Balaban J connectivity index is 2.88. The zero-order valence-electron chi connectivity index (χ0n) is 11.7. The first-order valence-electron chi connectivity index (χ1n) is 6.16. The third-order valence-electron chi connectivity index (χ3n) is 3.03. The molecule has 0 spiro atoms. The van der Waals surface area contributed by atoms with Gasteiger partial charge >= 0.3 is 6.18 Å². The minimum Gasteiger partial charge on any atom is -0.387 e. The molecule has 7 heteroatoms. The van der Waals surface area contributed by atoms with E-state index in [1.54, 1.807) is 38.4 Å². The van der Waals surface area contributed by atoms with E-state index in [0.717, 1.165) is 0 Å². The van der Waals surface area contributed by atoms with Crippen molar-refractivity contribution in [3.05, 3.63) is 29.8 Å². The van der Waals surface area contributed by atoms with E-state index in [1.807, 2.05) is 0 Å². The van der Waals surface area contributed by atoms with Crippen molar-refractivity contribution in [1.82, 2.24) is 4.98 Å². The first-order chi connectivity index (χ1) is 9.77. The summed E-state index contributed by atoms with van der Waals surface area (Å²) in [7, 11) is 4.57. The molecule has 2 aromatic rings. The Hall–Kier alpha value is -2.31. The Morgan fingerprint density at radius 1 is 1.24 bits per heavy atom. The van der Waals surface area contributed by atoms with Gasteiger partial charge in [0.1, 0.15) is 5.82 Å². The summed E-state index contributed by atoms with van der Waals surface area (Å²) < 4.78 is 38.6. The Bertz CT molecular complexity index is 696. The van der Waals surface area contributed by atoms with E-state index in [0.29, 0.717) is 10.9 Å². The Kier molecular flexibility index (Phi) is 3.76. The fourth-order valence-electron chi connectivity index (χ4n) is 2.14. The van der Waals surface area contributed by atoms with E-state index in [9.17, 15) is 18.0 Å². The summed E-state index contributed by atoms with van der Waals surface area (Å²) in [4.78, 5) is 17.4. The maximum atomic E-state index is 12.9. The van der Waals surface area contributed by atoms with Crippen molar-refractivity contribution >= 4 is 28.2 Å². The van der Waals surface area contributed by atoms with Crippen LogP contribution in [0.15, 0.2) is 24.3 Å². The Labute approximate surface area is 119 Å². The van der Waals surface area contributed by atoms with Crippen LogP contribution in [-0.4, -0.2) is 38.1 Å². The highest BCUT2D eigenvalue weighted by Crippen LogP contribution is 2.36. The molecule has 0 bridgehead atoms. The number of nitrogens with one attached hydrogen (secondary N) is 1. The van der Waals surface area contributed by atoms with Crippen LogP contribution >= 0.6 is 0 Å². The Morgan fingerprint density at radius 2 is 1.86 bits per heavy atom. The van der Waals surface area contributed by atoms with Crippen LogP contribution in [0.2, 0.25) is 0 Å². The number of alkyl halides is 3. The number of halogens is 3. The average Bonchev–Trinajstić information content (AvgIpc) is 2.43. The quantitative estimate of drug-likeness (QED) is 0.884. The number of carbonyl (C=O) groups is 1. The number of ketones is 1. The van der Waals surface area contributed by atoms with Gasteiger partial charge in [-0.25, -0.2) is 4.98 Å². The number of rotatable bonds is 3. The molecule has 0 aliphatic heterocycles. The summed E-state index contributed by atoms with van der Waals surface area (Å²) in [6, 6.07) is 6.73. The summed E-state index contributed by atoms with van der Waals surface area (Å²) in [6.45, 7) is 0. The molecule has 0 amide bonds. The van der Waals surface area contributed by atoms with Crippen molar-refractivity contribution in [3.63, 3.8) is 0 Å². The molecule has 1 N–H and O–H groups in total. The fourth-order valence-corrected chi connectivity index (χ4v) is 2.14. The number of anilines is 2. The standard InChI is InChI=1S/C14H14F3N3O/c1-18-11-8-6-4-5-7-9(8)19-13(20(2)3)10(11)12(21)14(15,16)17/h4-7H,1-3H3,(H,18,19). The first kappa shape index (κ1) is 15.1. The summed E-state index contributed by atoms with van der Waals surface area (Å²) in [5.74, 6) is -1.92. The van der Waals surface area contributed by atoms with Gasteiger partial charge in [-0.15, -0.1) is 0 Å². The molecule has 0 aliphatic rings. The second-order valence-corrected chi connectivity index (χ2v) is 4.67. The van der Waals surface area contributed by atoms with Gasteiger partial charge in [-0.2, -0.15) is 13.2 Å². The van der Waals surface area contributed by atoms with Gasteiger partial charge in [0.05, 0.1) is 16.8 Å². The molecule has 0 saturated carbocycles. The van der Waals surface area contributed by atoms with Crippen molar-refractivity contribution in [2.24, 2.45) is 0 Å². The van der Waals surface area contributed by atoms with Crippen LogP contribution in [0, 0.1) is 0 Å². The average molecular weight is 297 g/mol. The summed E-state index contributed by atoms with van der Waals surface area (Å²) in [5, 5.41) is 3.17. The van der Waals surface area contributed by atoms with Crippen molar-refractivity contribution < 1.29 is 18.0 Å². The smallest absolute Gasteiger partial charge is 0.387 e. The fraction of sp³-hybridized carbons (Fsp3) is 0.286. The third-order valence-corrected chi connectivity index (χ3v) is 3.03. The van der Waals surface area contributed by atoms with Crippen LogP contribution < -0.4 is 10.2 Å². The zero-order valence-corrected chi connectivity index (χ0v) is 11.7. The van der Waals surface area contributed by atoms with Crippen LogP contribution in [0.1, 0.15) is 10.4 Å². The molecule has 0 saturated heterocycles.